The average Bonchev–Trinajstić information content (AvgIpc) is 2.80. The number of methoxy groups -OCH3 is 1. The molecule has 0 aromatic carbocycles. The lowest BCUT2D eigenvalue weighted by atomic mass is 9.78. The number of rotatable bonds is 9. The van der Waals surface area contributed by atoms with Crippen LogP contribution in [0.25, 0.3) is 0 Å². The van der Waals surface area contributed by atoms with E-state index in [-0.39, 0.29) is 6.04 Å². The molecule has 1 unspecified atom stereocenters. The zero-order valence-electron chi connectivity index (χ0n) is 12.7. The van der Waals surface area contributed by atoms with E-state index in [0.717, 1.165) is 42.6 Å². The number of hydrogen-bond donors (Lipinski definition) is 2. The van der Waals surface area contributed by atoms with Crippen molar-refractivity contribution in [3.63, 3.8) is 0 Å². The number of aromatic nitrogens is 2. The van der Waals surface area contributed by atoms with Gasteiger partial charge in [0.25, 0.3) is 0 Å². The Kier molecular flexibility index (Phi) is 6.63. The van der Waals surface area contributed by atoms with Gasteiger partial charge < -0.3 is 9.47 Å². The first-order chi connectivity index (χ1) is 10.2. The Balaban J connectivity index is 1.96. The highest BCUT2D eigenvalue weighted by Crippen LogP contribution is 2.38. The molecule has 21 heavy (non-hydrogen) atoms. The Labute approximate surface area is 134 Å². The highest BCUT2D eigenvalue weighted by Gasteiger charge is 2.33. The van der Waals surface area contributed by atoms with Crippen LogP contribution in [0, 0.1) is 5.92 Å². The molecule has 1 saturated carbocycles. The standard InChI is InChI=1S/C14H25BrN4O2/c1-3-21-11-6-10(7-11)8-13(18-16)14-12(15)9-17-19(14)4-5-20-2/h9-11,13,18H,3-8,16H2,1-2H3. The maximum absolute atomic E-state index is 5.78. The minimum atomic E-state index is 0.0892. The molecule has 1 fully saturated rings. The van der Waals surface area contributed by atoms with E-state index in [1.165, 1.54) is 0 Å². The van der Waals surface area contributed by atoms with Crippen LogP contribution >= 0.6 is 15.9 Å². The van der Waals surface area contributed by atoms with Gasteiger partial charge in [0.15, 0.2) is 0 Å². The van der Waals surface area contributed by atoms with Crippen molar-refractivity contribution in [3.8, 4) is 0 Å². The van der Waals surface area contributed by atoms with E-state index in [1.807, 2.05) is 17.8 Å². The number of hydrogen-bond acceptors (Lipinski definition) is 5. The number of ether oxygens (including phenoxy) is 2. The van der Waals surface area contributed by atoms with E-state index in [2.05, 4.69) is 26.5 Å². The van der Waals surface area contributed by atoms with E-state index in [1.54, 1.807) is 7.11 Å². The summed E-state index contributed by atoms with van der Waals surface area (Å²) in [5.41, 5.74) is 4.03. The normalized spacial score (nSPS) is 23.0. The molecule has 7 heteroatoms. The van der Waals surface area contributed by atoms with Crippen molar-refractivity contribution in [3.05, 3.63) is 16.4 Å². The highest BCUT2D eigenvalue weighted by atomic mass is 79.9. The fourth-order valence-electron chi connectivity index (χ4n) is 2.90. The van der Waals surface area contributed by atoms with Gasteiger partial charge in [-0.3, -0.25) is 16.0 Å². The molecule has 1 aliphatic rings. The quantitative estimate of drug-likeness (QED) is 0.520. The summed E-state index contributed by atoms with van der Waals surface area (Å²) >= 11 is 3.57. The van der Waals surface area contributed by atoms with Gasteiger partial charge in [0.2, 0.25) is 0 Å². The molecule has 2 rings (SSSR count). The van der Waals surface area contributed by atoms with E-state index < -0.39 is 0 Å². The second-order valence-electron chi connectivity index (χ2n) is 5.46. The third-order valence-electron chi connectivity index (χ3n) is 4.04. The molecule has 120 valence electrons. The van der Waals surface area contributed by atoms with Crippen molar-refractivity contribution >= 4 is 15.9 Å². The first-order valence-electron chi connectivity index (χ1n) is 7.47. The first-order valence-corrected chi connectivity index (χ1v) is 8.26. The van der Waals surface area contributed by atoms with E-state index in [0.29, 0.717) is 18.6 Å². The van der Waals surface area contributed by atoms with Gasteiger partial charge >= 0.3 is 0 Å². The molecule has 1 atom stereocenters. The van der Waals surface area contributed by atoms with Gasteiger partial charge in [0.05, 0.1) is 41.7 Å². The maximum atomic E-state index is 5.78. The van der Waals surface area contributed by atoms with Crippen molar-refractivity contribution in [2.75, 3.05) is 20.3 Å². The molecule has 1 aromatic rings. The van der Waals surface area contributed by atoms with Crippen LogP contribution in [0.3, 0.4) is 0 Å². The monoisotopic (exact) mass is 360 g/mol. The minimum Gasteiger partial charge on any atom is -0.383 e. The van der Waals surface area contributed by atoms with Gasteiger partial charge in [0, 0.05) is 13.7 Å². The summed E-state index contributed by atoms with van der Waals surface area (Å²) in [6, 6.07) is 0.0892. The summed E-state index contributed by atoms with van der Waals surface area (Å²) in [5, 5.41) is 4.39. The Morgan fingerprint density at radius 2 is 2.33 bits per heavy atom. The molecular weight excluding hydrogens is 336 g/mol. The second-order valence-corrected chi connectivity index (χ2v) is 6.32. The topological polar surface area (TPSA) is 74.3 Å². The summed E-state index contributed by atoms with van der Waals surface area (Å²) in [6.45, 7) is 4.20. The summed E-state index contributed by atoms with van der Waals surface area (Å²) in [7, 11) is 1.69. The predicted octanol–water partition coefficient (Wildman–Crippen LogP) is 2.00. The molecular formula is C14H25BrN4O2. The van der Waals surface area contributed by atoms with Crippen LogP contribution in [0.2, 0.25) is 0 Å². The maximum Gasteiger partial charge on any atom is 0.0710 e. The van der Waals surface area contributed by atoms with Crippen LogP contribution in [0.1, 0.15) is 37.9 Å². The van der Waals surface area contributed by atoms with Gasteiger partial charge in [0.1, 0.15) is 0 Å². The second kappa shape index (κ2) is 8.24. The lowest BCUT2D eigenvalue weighted by Gasteiger charge is -2.37. The third kappa shape index (κ3) is 4.26. The summed E-state index contributed by atoms with van der Waals surface area (Å²) in [4.78, 5) is 0. The Morgan fingerprint density at radius 1 is 1.57 bits per heavy atom. The fraction of sp³-hybridized carbons (Fsp3) is 0.786. The van der Waals surface area contributed by atoms with Crippen LogP contribution in [-0.2, 0) is 16.0 Å². The lowest BCUT2D eigenvalue weighted by Crippen LogP contribution is -2.37. The van der Waals surface area contributed by atoms with Gasteiger partial charge in [-0.25, -0.2) is 0 Å². The zero-order chi connectivity index (χ0) is 15.2. The SMILES string of the molecule is CCOC1CC(CC(NN)c2c(Br)cnn2CCOC)C1. The van der Waals surface area contributed by atoms with Crippen molar-refractivity contribution in [1.82, 2.24) is 15.2 Å². The molecule has 0 spiro atoms. The molecule has 6 nitrogen and oxygen atoms in total. The first kappa shape index (κ1) is 16.9. The summed E-state index contributed by atoms with van der Waals surface area (Å²) in [6.07, 6.45) is 5.49. The van der Waals surface area contributed by atoms with E-state index in [4.69, 9.17) is 15.3 Å². The van der Waals surface area contributed by atoms with Crippen LogP contribution in [0.15, 0.2) is 10.7 Å². The van der Waals surface area contributed by atoms with E-state index >= 15 is 0 Å². The van der Waals surface area contributed by atoms with E-state index in [9.17, 15) is 0 Å². The summed E-state index contributed by atoms with van der Waals surface area (Å²) in [5.74, 6) is 6.43. The van der Waals surface area contributed by atoms with Gasteiger partial charge in [-0.2, -0.15) is 5.10 Å². The van der Waals surface area contributed by atoms with Gasteiger partial charge in [-0.05, 0) is 48.0 Å². The van der Waals surface area contributed by atoms with Crippen LogP contribution < -0.4 is 11.3 Å². The largest absolute Gasteiger partial charge is 0.383 e. The van der Waals surface area contributed by atoms with Crippen molar-refractivity contribution in [2.45, 2.75) is 44.9 Å². The molecule has 1 aliphatic carbocycles. The van der Waals surface area contributed by atoms with Gasteiger partial charge in [-0.1, -0.05) is 0 Å². The minimum absolute atomic E-state index is 0.0892. The third-order valence-corrected chi connectivity index (χ3v) is 4.65. The lowest BCUT2D eigenvalue weighted by molar-refractivity contribution is -0.0294. The number of nitrogens with two attached hydrogens (primary N) is 1. The number of halogens is 1. The number of nitrogens with one attached hydrogen (secondary N) is 1. The predicted molar refractivity (Wildman–Crippen MR) is 84.6 cm³/mol. The molecule has 1 aromatic heterocycles. The molecule has 3 N–H and O–H groups in total. The number of hydrazine groups is 1. The fourth-order valence-corrected chi connectivity index (χ4v) is 3.48. The molecule has 0 saturated heterocycles. The average molecular weight is 361 g/mol. The zero-order valence-corrected chi connectivity index (χ0v) is 14.3. The Hall–Kier alpha value is -0.470. The van der Waals surface area contributed by atoms with Crippen molar-refractivity contribution < 1.29 is 9.47 Å². The molecule has 0 bridgehead atoms. The Bertz CT molecular complexity index is 435. The van der Waals surface area contributed by atoms with Gasteiger partial charge in [-0.15, -0.1) is 0 Å². The molecule has 0 amide bonds. The van der Waals surface area contributed by atoms with Crippen molar-refractivity contribution in [1.29, 1.82) is 0 Å². The Morgan fingerprint density at radius 3 is 2.95 bits per heavy atom. The summed E-state index contributed by atoms with van der Waals surface area (Å²) < 4.78 is 13.7. The van der Waals surface area contributed by atoms with Crippen LogP contribution in [0.5, 0.6) is 0 Å². The molecule has 0 aliphatic heterocycles. The molecule has 0 radical (unpaired) electrons. The highest BCUT2D eigenvalue weighted by molar-refractivity contribution is 9.10. The van der Waals surface area contributed by atoms with Crippen LogP contribution in [0.4, 0.5) is 0 Å². The smallest absolute Gasteiger partial charge is 0.0710 e. The number of nitrogens with zero attached hydrogens (tertiary/aromatic N) is 2. The van der Waals surface area contributed by atoms with Crippen LogP contribution in [-0.4, -0.2) is 36.2 Å². The van der Waals surface area contributed by atoms with Crippen molar-refractivity contribution in [2.24, 2.45) is 11.8 Å². The molecule has 1 heterocycles.